The van der Waals surface area contributed by atoms with Crippen LogP contribution in [0.5, 0.6) is 0 Å². The van der Waals surface area contributed by atoms with E-state index in [4.69, 9.17) is 0 Å². The Morgan fingerprint density at radius 2 is 1.68 bits per heavy atom. The van der Waals surface area contributed by atoms with E-state index < -0.39 is 0 Å². The van der Waals surface area contributed by atoms with E-state index in [-0.39, 0.29) is 30.4 Å². The number of piperazine rings is 1. The summed E-state index contributed by atoms with van der Waals surface area (Å²) in [6.07, 6.45) is 0.547. The first kappa shape index (κ1) is 16.7. The molecule has 0 radical (unpaired) electrons. The van der Waals surface area contributed by atoms with E-state index in [0.717, 1.165) is 4.47 Å². The van der Waals surface area contributed by atoms with E-state index in [1.165, 1.54) is 6.92 Å². The number of hydrogen-bond donors (Lipinski definition) is 0. The molecule has 1 aromatic carbocycles. The summed E-state index contributed by atoms with van der Waals surface area (Å²) in [4.78, 5) is 38.8. The Hall–Kier alpha value is -1.69. The molecule has 0 N–H and O–H groups in total. The largest absolute Gasteiger partial charge is 0.339 e. The molecule has 5 nitrogen and oxygen atoms in total. The highest BCUT2D eigenvalue weighted by molar-refractivity contribution is 9.10. The number of benzene rings is 1. The number of nitrogens with zero attached hydrogens (tertiary/aromatic N) is 2. The van der Waals surface area contributed by atoms with Crippen LogP contribution in [-0.2, 0) is 9.59 Å². The zero-order valence-electron chi connectivity index (χ0n) is 12.5. The first-order chi connectivity index (χ1) is 10.5. The van der Waals surface area contributed by atoms with Crippen LogP contribution in [0, 0.1) is 0 Å². The number of carbonyl (C=O) groups excluding carboxylic acids is 3. The molecule has 118 valence electrons. The number of halogens is 1. The molecule has 0 bridgehead atoms. The van der Waals surface area contributed by atoms with Gasteiger partial charge >= 0.3 is 0 Å². The van der Waals surface area contributed by atoms with Crippen molar-refractivity contribution in [3.05, 3.63) is 34.3 Å². The maximum Gasteiger partial charge on any atom is 0.254 e. The van der Waals surface area contributed by atoms with Crippen LogP contribution >= 0.6 is 15.9 Å². The zero-order valence-corrected chi connectivity index (χ0v) is 14.1. The molecule has 0 atom stereocenters. The van der Waals surface area contributed by atoms with E-state index in [9.17, 15) is 14.4 Å². The van der Waals surface area contributed by atoms with Gasteiger partial charge in [-0.15, -0.1) is 0 Å². The molecule has 0 spiro atoms. The van der Waals surface area contributed by atoms with Crippen molar-refractivity contribution in [2.75, 3.05) is 26.2 Å². The number of carbonyl (C=O) groups is 3. The Balaban J connectivity index is 1.88. The van der Waals surface area contributed by atoms with Gasteiger partial charge in [0.25, 0.3) is 5.91 Å². The average Bonchev–Trinajstić information content (AvgIpc) is 2.52. The second kappa shape index (κ2) is 7.54. The minimum absolute atomic E-state index is 0.00949. The minimum atomic E-state index is -0.0165. The van der Waals surface area contributed by atoms with Gasteiger partial charge in [-0.2, -0.15) is 0 Å². The van der Waals surface area contributed by atoms with Gasteiger partial charge in [0.05, 0.1) is 0 Å². The monoisotopic (exact) mass is 366 g/mol. The number of Topliss-reactive ketones (excluding diaryl/α,β-unsaturated/α-hetero) is 1. The summed E-state index contributed by atoms with van der Waals surface area (Å²) in [7, 11) is 0. The molecule has 0 unspecified atom stereocenters. The molecule has 1 saturated heterocycles. The van der Waals surface area contributed by atoms with Gasteiger partial charge in [0.1, 0.15) is 5.78 Å². The lowest BCUT2D eigenvalue weighted by Gasteiger charge is -2.35. The fourth-order valence-corrected chi connectivity index (χ4v) is 2.80. The molecule has 1 fully saturated rings. The normalized spacial score (nSPS) is 14.8. The summed E-state index contributed by atoms with van der Waals surface area (Å²) in [5.41, 5.74) is 0.644. The molecular formula is C16H19BrN2O3. The van der Waals surface area contributed by atoms with Crippen LogP contribution in [0.15, 0.2) is 28.7 Å². The molecule has 2 amide bonds. The van der Waals surface area contributed by atoms with Crippen LogP contribution in [0.1, 0.15) is 30.1 Å². The highest BCUT2D eigenvalue weighted by Crippen LogP contribution is 2.15. The zero-order chi connectivity index (χ0) is 16.1. The van der Waals surface area contributed by atoms with Crippen molar-refractivity contribution in [3.8, 4) is 0 Å². The van der Waals surface area contributed by atoms with Gasteiger partial charge in [0.2, 0.25) is 5.91 Å². The summed E-state index contributed by atoms with van der Waals surface area (Å²) < 4.78 is 0.872. The van der Waals surface area contributed by atoms with E-state index >= 15 is 0 Å². The van der Waals surface area contributed by atoms with Crippen LogP contribution in [0.2, 0.25) is 0 Å². The Labute approximate surface area is 138 Å². The summed E-state index contributed by atoms with van der Waals surface area (Å²) in [6.45, 7) is 3.59. The topological polar surface area (TPSA) is 57.7 Å². The smallest absolute Gasteiger partial charge is 0.254 e. The molecule has 1 heterocycles. The van der Waals surface area contributed by atoms with Gasteiger partial charge in [0, 0.05) is 49.1 Å². The Morgan fingerprint density at radius 1 is 1.05 bits per heavy atom. The number of ketones is 1. The minimum Gasteiger partial charge on any atom is -0.339 e. The Kier molecular flexibility index (Phi) is 5.71. The van der Waals surface area contributed by atoms with Gasteiger partial charge in [0.15, 0.2) is 0 Å². The predicted molar refractivity (Wildman–Crippen MR) is 86.5 cm³/mol. The van der Waals surface area contributed by atoms with Crippen molar-refractivity contribution in [1.29, 1.82) is 0 Å². The third kappa shape index (κ3) is 4.40. The molecule has 0 aliphatic carbocycles. The van der Waals surface area contributed by atoms with Crippen molar-refractivity contribution < 1.29 is 14.4 Å². The van der Waals surface area contributed by atoms with Gasteiger partial charge in [-0.1, -0.05) is 22.0 Å². The second-order valence-corrected chi connectivity index (χ2v) is 6.30. The van der Waals surface area contributed by atoms with E-state index in [2.05, 4.69) is 15.9 Å². The third-order valence-corrected chi connectivity index (χ3v) is 4.18. The third-order valence-electron chi connectivity index (χ3n) is 3.68. The van der Waals surface area contributed by atoms with Crippen LogP contribution in [-0.4, -0.2) is 53.6 Å². The maximum atomic E-state index is 12.4. The molecule has 22 heavy (non-hydrogen) atoms. The summed E-state index contributed by atoms with van der Waals surface area (Å²) in [5.74, 6) is -0.00120. The molecule has 0 aromatic heterocycles. The van der Waals surface area contributed by atoms with Gasteiger partial charge in [-0.25, -0.2) is 0 Å². The van der Waals surface area contributed by atoms with Crippen molar-refractivity contribution in [2.45, 2.75) is 19.8 Å². The van der Waals surface area contributed by atoms with E-state index in [0.29, 0.717) is 31.7 Å². The lowest BCUT2D eigenvalue weighted by Crippen LogP contribution is -2.50. The summed E-state index contributed by atoms with van der Waals surface area (Å²) in [5, 5.41) is 0. The lowest BCUT2D eigenvalue weighted by atomic mass is 10.1. The van der Waals surface area contributed by atoms with Gasteiger partial charge in [-0.05, 0) is 25.1 Å². The van der Waals surface area contributed by atoms with Crippen LogP contribution in [0.4, 0.5) is 0 Å². The average molecular weight is 367 g/mol. The standard InChI is InChI=1S/C16H19BrN2O3/c1-12(20)5-6-15(21)18-7-9-19(10-8-18)16(22)13-3-2-4-14(17)11-13/h2-4,11H,5-10H2,1H3. The van der Waals surface area contributed by atoms with Gasteiger partial charge < -0.3 is 14.6 Å². The fourth-order valence-electron chi connectivity index (χ4n) is 2.40. The summed E-state index contributed by atoms with van der Waals surface area (Å²) >= 11 is 3.36. The number of amides is 2. The molecule has 6 heteroatoms. The summed E-state index contributed by atoms with van der Waals surface area (Å²) in [6, 6.07) is 7.30. The Bertz CT molecular complexity index is 581. The van der Waals surface area contributed by atoms with Crippen molar-refractivity contribution in [1.82, 2.24) is 9.80 Å². The molecule has 1 aliphatic heterocycles. The maximum absolute atomic E-state index is 12.4. The molecular weight excluding hydrogens is 348 g/mol. The first-order valence-electron chi connectivity index (χ1n) is 7.29. The van der Waals surface area contributed by atoms with Crippen LogP contribution in [0.3, 0.4) is 0 Å². The van der Waals surface area contributed by atoms with Crippen LogP contribution < -0.4 is 0 Å². The quantitative estimate of drug-likeness (QED) is 0.819. The van der Waals surface area contributed by atoms with Crippen molar-refractivity contribution in [3.63, 3.8) is 0 Å². The fraction of sp³-hybridized carbons (Fsp3) is 0.438. The molecule has 0 saturated carbocycles. The number of rotatable bonds is 4. The van der Waals surface area contributed by atoms with E-state index in [1.54, 1.807) is 21.9 Å². The second-order valence-electron chi connectivity index (χ2n) is 5.39. The SMILES string of the molecule is CC(=O)CCC(=O)N1CCN(C(=O)c2cccc(Br)c2)CC1. The van der Waals surface area contributed by atoms with Crippen molar-refractivity contribution >= 4 is 33.5 Å². The first-order valence-corrected chi connectivity index (χ1v) is 8.08. The molecule has 2 rings (SSSR count). The van der Waals surface area contributed by atoms with Gasteiger partial charge in [-0.3, -0.25) is 9.59 Å². The predicted octanol–water partition coefficient (Wildman–Crippen LogP) is 2.10. The Morgan fingerprint density at radius 3 is 2.27 bits per heavy atom. The van der Waals surface area contributed by atoms with E-state index in [1.807, 2.05) is 12.1 Å². The van der Waals surface area contributed by atoms with Crippen LogP contribution in [0.25, 0.3) is 0 Å². The highest BCUT2D eigenvalue weighted by atomic mass is 79.9. The molecule has 1 aromatic rings. The highest BCUT2D eigenvalue weighted by Gasteiger charge is 2.24. The van der Waals surface area contributed by atoms with Crippen molar-refractivity contribution in [2.24, 2.45) is 0 Å². The molecule has 1 aliphatic rings. The number of hydrogen-bond acceptors (Lipinski definition) is 3. The lowest BCUT2D eigenvalue weighted by molar-refractivity contribution is -0.134.